The molecule has 2 aromatic carbocycles. The minimum Gasteiger partial charge on any atom is -0.478 e. The highest BCUT2D eigenvalue weighted by atomic mass is 32.2. The van der Waals surface area contributed by atoms with Crippen molar-refractivity contribution in [3.63, 3.8) is 0 Å². The fraction of sp³-hybridized carbons (Fsp3) is 0.100. The first-order valence-corrected chi connectivity index (χ1v) is 9.44. The first-order valence-electron chi connectivity index (χ1n) is 8.21. The van der Waals surface area contributed by atoms with Crippen molar-refractivity contribution in [2.45, 2.75) is 0 Å². The summed E-state index contributed by atoms with van der Waals surface area (Å²) >= 11 is 6.34. The zero-order chi connectivity index (χ0) is 20.4. The van der Waals surface area contributed by atoms with Gasteiger partial charge in [-0.1, -0.05) is 48.2 Å². The van der Waals surface area contributed by atoms with Crippen molar-refractivity contribution in [1.29, 1.82) is 0 Å². The van der Waals surface area contributed by atoms with Crippen LogP contribution in [0.4, 0.5) is 5.69 Å². The Balaban J connectivity index is 1.82. The second-order valence-electron chi connectivity index (χ2n) is 6.05. The van der Waals surface area contributed by atoms with E-state index in [2.05, 4.69) is 0 Å². The van der Waals surface area contributed by atoms with E-state index in [9.17, 15) is 19.5 Å². The lowest BCUT2D eigenvalue weighted by atomic mass is 10.1. The van der Waals surface area contributed by atoms with E-state index in [1.807, 2.05) is 0 Å². The van der Waals surface area contributed by atoms with Crippen LogP contribution in [0.25, 0.3) is 6.08 Å². The summed E-state index contributed by atoms with van der Waals surface area (Å²) in [6.07, 6.45) is 1.72. The molecule has 8 heteroatoms. The summed E-state index contributed by atoms with van der Waals surface area (Å²) in [5.41, 5.74) is 1.54. The van der Waals surface area contributed by atoms with Gasteiger partial charge in [0, 0.05) is 19.7 Å². The van der Waals surface area contributed by atoms with Crippen molar-refractivity contribution in [1.82, 2.24) is 4.90 Å². The Kier molecular flexibility index (Phi) is 5.62. The van der Waals surface area contributed by atoms with E-state index < -0.39 is 5.97 Å². The molecule has 2 aromatic rings. The van der Waals surface area contributed by atoms with Crippen LogP contribution in [0.5, 0.6) is 0 Å². The summed E-state index contributed by atoms with van der Waals surface area (Å²) in [4.78, 5) is 39.4. The van der Waals surface area contributed by atoms with Crippen LogP contribution in [0.3, 0.4) is 0 Å². The molecule has 1 heterocycles. The number of benzene rings is 2. The molecule has 3 rings (SSSR count). The van der Waals surface area contributed by atoms with E-state index in [-0.39, 0.29) is 17.4 Å². The second-order valence-corrected chi connectivity index (χ2v) is 7.72. The predicted octanol–water partition coefficient (Wildman–Crippen LogP) is 3.49. The number of anilines is 1. The van der Waals surface area contributed by atoms with Crippen molar-refractivity contribution in [2.24, 2.45) is 0 Å². The molecule has 0 bridgehead atoms. The van der Waals surface area contributed by atoms with Gasteiger partial charge in [0.1, 0.15) is 4.32 Å². The summed E-state index contributed by atoms with van der Waals surface area (Å²) in [5.74, 6) is -1.58. The molecule has 1 fully saturated rings. The topological polar surface area (TPSA) is 77.9 Å². The van der Waals surface area contributed by atoms with Crippen LogP contribution < -0.4 is 4.90 Å². The maximum atomic E-state index is 12.7. The van der Waals surface area contributed by atoms with Gasteiger partial charge in [-0.05, 0) is 35.9 Å². The lowest BCUT2D eigenvalue weighted by Gasteiger charge is -2.19. The number of thiocarbonyl (C=S) groups is 1. The molecule has 0 atom stereocenters. The maximum Gasteiger partial charge on any atom is 0.337 e. The highest BCUT2D eigenvalue weighted by Gasteiger charge is 2.28. The van der Waals surface area contributed by atoms with Gasteiger partial charge in [0.15, 0.2) is 0 Å². The number of amides is 2. The zero-order valence-corrected chi connectivity index (χ0v) is 16.7. The average molecular weight is 412 g/mol. The Morgan fingerprint density at radius 1 is 1.14 bits per heavy atom. The number of aromatic carboxylic acids is 1. The van der Waals surface area contributed by atoms with Gasteiger partial charge in [-0.25, -0.2) is 4.79 Å². The van der Waals surface area contributed by atoms with E-state index >= 15 is 0 Å². The normalized spacial score (nSPS) is 15.2. The monoisotopic (exact) mass is 412 g/mol. The molecule has 0 aromatic heterocycles. The van der Waals surface area contributed by atoms with E-state index in [4.69, 9.17) is 12.2 Å². The summed E-state index contributed by atoms with van der Waals surface area (Å²) < 4.78 is 0.502. The fourth-order valence-electron chi connectivity index (χ4n) is 2.67. The smallest absolute Gasteiger partial charge is 0.337 e. The Morgan fingerprint density at radius 3 is 2.36 bits per heavy atom. The fourth-order valence-corrected chi connectivity index (χ4v) is 3.85. The molecular formula is C20H16N2O4S2. The van der Waals surface area contributed by atoms with Crippen molar-refractivity contribution in [3.05, 3.63) is 70.1 Å². The molecule has 6 nitrogen and oxygen atoms in total. The molecule has 1 saturated heterocycles. The van der Waals surface area contributed by atoms with E-state index in [1.54, 1.807) is 55.6 Å². The molecule has 0 aliphatic carbocycles. The standard InChI is InChI=1S/C20H16N2O4S2/c1-21(15-6-4-3-5-14(15)19(25)26)17(23)13-9-7-12(8-10-13)11-16-18(24)22(2)20(27)28-16/h3-11H,1-2H3,(H,25,26). The van der Waals surface area contributed by atoms with Crippen LogP contribution >= 0.6 is 24.0 Å². The Labute approximate surface area is 171 Å². The summed E-state index contributed by atoms with van der Waals surface area (Å²) in [5, 5.41) is 9.31. The minimum absolute atomic E-state index is 0.0524. The van der Waals surface area contributed by atoms with Gasteiger partial charge in [-0.2, -0.15) is 0 Å². The molecule has 1 N–H and O–H groups in total. The predicted molar refractivity (Wildman–Crippen MR) is 114 cm³/mol. The lowest BCUT2D eigenvalue weighted by Crippen LogP contribution is -2.27. The number of carboxylic acid groups (broad SMARTS) is 1. The number of carbonyl (C=O) groups excluding carboxylic acids is 2. The number of nitrogens with zero attached hydrogens (tertiary/aromatic N) is 2. The maximum absolute atomic E-state index is 12.7. The molecule has 1 aliphatic rings. The van der Waals surface area contributed by atoms with Crippen molar-refractivity contribution in [2.75, 3.05) is 19.0 Å². The molecular weight excluding hydrogens is 396 g/mol. The quantitative estimate of drug-likeness (QED) is 0.612. The molecule has 1 aliphatic heterocycles. The van der Waals surface area contributed by atoms with Gasteiger partial charge in [0.05, 0.1) is 16.2 Å². The third-order valence-electron chi connectivity index (χ3n) is 4.24. The average Bonchev–Trinajstić information content (AvgIpc) is 2.94. The van der Waals surface area contributed by atoms with Crippen LogP contribution in [-0.2, 0) is 4.79 Å². The third kappa shape index (κ3) is 3.83. The second kappa shape index (κ2) is 7.95. The third-order valence-corrected chi connectivity index (χ3v) is 5.73. The van der Waals surface area contributed by atoms with Crippen LogP contribution in [0, 0.1) is 0 Å². The SMILES string of the molecule is CN1C(=O)C(=Cc2ccc(C(=O)N(C)c3ccccc3C(=O)O)cc2)SC1=S. The van der Waals surface area contributed by atoms with Gasteiger partial charge in [0.2, 0.25) is 0 Å². The highest BCUT2D eigenvalue weighted by Crippen LogP contribution is 2.31. The molecule has 0 unspecified atom stereocenters. The first kappa shape index (κ1) is 19.8. The first-order chi connectivity index (χ1) is 13.3. The number of likely N-dealkylation sites (N-methyl/N-ethyl adjacent to an activating group) is 1. The Morgan fingerprint density at radius 2 is 1.79 bits per heavy atom. The number of rotatable bonds is 4. The van der Waals surface area contributed by atoms with Crippen LogP contribution in [0.2, 0.25) is 0 Å². The molecule has 0 radical (unpaired) electrons. The number of hydrogen-bond donors (Lipinski definition) is 1. The number of carboxylic acids is 1. The van der Waals surface area contributed by atoms with Gasteiger partial charge in [-0.15, -0.1) is 0 Å². The van der Waals surface area contributed by atoms with E-state index in [0.29, 0.717) is 20.5 Å². The Bertz CT molecular complexity index is 1020. The van der Waals surface area contributed by atoms with E-state index in [0.717, 1.165) is 5.56 Å². The lowest BCUT2D eigenvalue weighted by molar-refractivity contribution is -0.121. The van der Waals surface area contributed by atoms with Crippen molar-refractivity contribution >= 4 is 57.8 Å². The molecule has 142 valence electrons. The number of hydrogen-bond acceptors (Lipinski definition) is 5. The zero-order valence-electron chi connectivity index (χ0n) is 15.1. The van der Waals surface area contributed by atoms with E-state index in [1.165, 1.54) is 34.7 Å². The Hall–Kier alpha value is -2.97. The largest absolute Gasteiger partial charge is 0.478 e. The molecule has 28 heavy (non-hydrogen) atoms. The van der Waals surface area contributed by atoms with Crippen LogP contribution in [0.1, 0.15) is 26.3 Å². The van der Waals surface area contributed by atoms with Gasteiger partial charge in [-0.3, -0.25) is 14.5 Å². The highest BCUT2D eigenvalue weighted by molar-refractivity contribution is 8.26. The van der Waals surface area contributed by atoms with Crippen LogP contribution in [0.15, 0.2) is 53.4 Å². The van der Waals surface area contributed by atoms with Gasteiger partial charge < -0.3 is 10.0 Å². The summed E-state index contributed by atoms with van der Waals surface area (Å²) in [6, 6.07) is 13.1. The van der Waals surface area contributed by atoms with Crippen molar-refractivity contribution in [3.8, 4) is 0 Å². The van der Waals surface area contributed by atoms with Gasteiger partial charge in [0.25, 0.3) is 11.8 Å². The summed E-state index contributed by atoms with van der Waals surface area (Å²) in [6.45, 7) is 0. The molecule has 0 spiro atoms. The number of carbonyl (C=O) groups is 3. The molecule has 0 saturated carbocycles. The number of para-hydroxylation sites is 1. The minimum atomic E-state index is -1.10. The molecule has 2 amide bonds. The van der Waals surface area contributed by atoms with Crippen LogP contribution in [-0.4, -0.2) is 46.2 Å². The van der Waals surface area contributed by atoms with Crippen molar-refractivity contribution < 1.29 is 19.5 Å². The summed E-state index contributed by atoms with van der Waals surface area (Å²) in [7, 11) is 3.16. The van der Waals surface area contributed by atoms with Gasteiger partial charge >= 0.3 is 5.97 Å². The number of thioether (sulfide) groups is 1.